The lowest BCUT2D eigenvalue weighted by Gasteiger charge is -2.51. The Bertz CT molecular complexity index is 1000. The summed E-state index contributed by atoms with van der Waals surface area (Å²) in [5.74, 6) is -0.241. The highest BCUT2D eigenvalue weighted by Gasteiger charge is 2.53. The van der Waals surface area contributed by atoms with E-state index in [-0.39, 0.29) is 23.8 Å². The topological polar surface area (TPSA) is 101 Å². The van der Waals surface area contributed by atoms with Crippen LogP contribution in [0, 0.1) is 11.8 Å². The third-order valence-electron chi connectivity index (χ3n) is 8.07. The molecule has 0 spiro atoms. The summed E-state index contributed by atoms with van der Waals surface area (Å²) in [7, 11) is 0. The van der Waals surface area contributed by atoms with Crippen molar-refractivity contribution < 1.29 is 23.9 Å². The third kappa shape index (κ3) is 4.44. The molecule has 180 valence electrons. The van der Waals surface area contributed by atoms with Crippen LogP contribution in [0.3, 0.4) is 0 Å². The van der Waals surface area contributed by atoms with Gasteiger partial charge in [0.2, 0.25) is 5.95 Å². The summed E-state index contributed by atoms with van der Waals surface area (Å²) in [5, 5.41) is 14.5. The summed E-state index contributed by atoms with van der Waals surface area (Å²) in [6.45, 7) is 2.65. The number of nitrogens with one attached hydrogen (secondary N) is 1. The minimum absolute atomic E-state index is 0.136. The van der Waals surface area contributed by atoms with Gasteiger partial charge in [-0.15, -0.1) is 0 Å². The first-order valence-electron chi connectivity index (χ1n) is 12.4. The van der Waals surface area contributed by atoms with Crippen molar-refractivity contribution in [3.05, 3.63) is 54.4 Å². The SMILES string of the molecule is O=C(C[N+]12CCC(CC1)C(OC(=O)[C@](O)(c1ccccc1)C1CCCC1)C2)Nc1ncccn1. The van der Waals surface area contributed by atoms with Gasteiger partial charge >= 0.3 is 5.97 Å². The molecule has 1 unspecified atom stereocenters. The molecule has 1 aliphatic carbocycles. The first-order chi connectivity index (χ1) is 16.5. The molecular formula is C26H33N4O4+. The number of anilines is 1. The van der Waals surface area contributed by atoms with Gasteiger partial charge in [0.15, 0.2) is 18.2 Å². The largest absolute Gasteiger partial charge is 0.454 e. The van der Waals surface area contributed by atoms with Gasteiger partial charge in [0.25, 0.3) is 5.91 Å². The van der Waals surface area contributed by atoms with Crippen molar-refractivity contribution in [1.82, 2.24) is 9.97 Å². The number of aromatic nitrogens is 2. The summed E-state index contributed by atoms with van der Waals surface area (Å²) in [6.07, 6.45) is 8.35. The quantitative estimate of drug-likeness (QED) is 0.482. The molecule has 2 atom stereocenters. The van der Waals surface area contributed by atoms with E-state index in [1.165, 1.54) is 0 Å². The highest BCUT2D eigenvalue weighted by Crippen LogP contribution is 2.43. The first kappa shape index (κ1) is 22.9. The van der Waals surface area contributed by atoms with E-state index < -0.39 is 11.6 Å². The fraction of sp³-hybridized carbons (Fsp3) is 0.538. The number of amides is 1. The van der Waals surface area contributed by atoms with E-state index in [9.17, 15) is 14.7 Å². The second-order valence-electron chi connectivity index (χ2n) is 10.1. The minimum Gasteiger partial charge on any atom is -0.454 e. The Morgan fingerprint density at radius 1 is 1.03 bits per heavy atom. The van der Waals surface area contributed by atoms with Crippen molar-refractivity contribution in [2.45, 2.75) is 50.2 Å². The van der Waals surface area contributed by atoms with Crippen molar-refractivity contribution >= 4 is 17.8 Å². The van der Waals surface area contributed by atoms with Gasteiger partial charge in [0.05, 0.1) is 13.1 Å². The standard InChI is InChI=1S/C26H32N4O4/c31-23(29-25-27-13-6-14-28-25)18-30-15-11-19(12-16-30)22(17-30)34-24(32)26(33,21-9-4-5-10-21)20-7-2-1-3-8-20/h1-3,6-8,13-14,19,21-22,33H,4-5,9-12,15-18H2/p+1/t19?,22?,26-,30?/m0/s1. The highest BCUT2D eigenvalue weighted by atomic mass is 16.6. The van der Waals surface area contributed by atoms with Gasteiger partial charge in [0, 0.05) is 37.1 Å². The molecule has 4 aliphatic rings. The smallest absolute Gasteiger partial charge is 0.343 e. The monoisotopic (exact) mass is 465 g/mol. The predicted octanol–water partition coefficient (Wildman–Crippen LogP) is 2.65. The number of benzene rings is 1. The molecule has 2 N–H and O–H groups in total. The van der Waals surface area contributed by atoms with Gasteiger partial charge in [-0.2, -0.15) is 0 Å². The third-order valence-corrected chi connectivity index (χ3v) is 8.07. The lowest BCUT2D eigenvalue weighted by atomic mass is 9.79. The summed E-state index contributed by atoms with van der Waals surface area (Å²) >= 11 is 0. The molecule has 1 aromatic heterocycles. The van der Waals surface area contributed by atoms with E-state index in [4.69, 9.17) is 4.74 Å². The van der Waals surface area contributed by atoms with Crippen LogP contribution in [-0.2, 0) is 19.9 Å². The predicted molar refractivity (Wildman–Crippen MR) is 125 cm³/mol. The number of carbonyl (C=O) groups is 2. The molecule has 8 nitrogen and oxygen atoms in total. The normalized spacial score (nSPS) is 28.3. The molecule has 34 heavy (non-hydrogen) atoms. The van der Waals surface area contributed by atoms with E-state index in [2.05, 4.69) is 15.3 Å². The van der Waals surface area contributed by atoms with E-state index >= 15 is 0 Å². The van der Waals surface area contributed by atoms with Crippen molar-refractivity contribution in [3.8, 4) is 0 Å². The number of esters is 1. The molecule has 1 amide bonds. The zero-order valence-corrected chi connectivity index (χ0v) is 19.4. The zero-order valence-electron chi connectivity index (χ0n) is 19.4. The Kier molecular flexibility index (Phi) is 6.36. The van der Waals surface area contributed by atoms with E-state index in [1.807, 2.05) is 30.3 Å². The first-order valence-corrected chi connectivity index (χ1v) is 12.4. The summed E-state index contributed by atoms with van der Waals surface area (Å²) in [4.78, 5) is 34.5. The molecule has 3 aliphatic heterocycles. The average Bonchev–Trinajstić information content (AvgIpc) is 3.40. The number of hydrogen-bond acceptors (Lipinski definition) is 6. The lowest BCUT2D eigenvalue weighted by molar-refractivity contribution is -0.939. The Hall–Kier alpha value is -2.84. The van der Waals surface area contributed by atoms with Crippen LogP contribution in [0.5, 0.6) is 0 Å². The second-order valence-corrected chi connectivity index (χ2v) is 10.1. The van der Waals surface area contributed by atoms with Gasteiger partial charge < -0.3 is 14.3 Å². The van der Waals surface area contributed by atoms with E-state index in [0.29, 0.717) is 29.1 Å². The highest BCUT2D eigenvalue weighted by molar-refractivity contribution is 5.89. The van der Waals surface area contributed by atoms with Crippen LogP contribution >= 0.6 is 0 Å². The van der Waals surface area contributed by atoms with Crippen LogP contribution in [-0.4, -0.2) is 63.7 Å². The van der Waals surface area contributed by atoms with Crippen molar-refractivity contribution in [1.29, 1.82) is 0 Å². The van der Waals surface area contributed by atoms with Crippen LogP contribution in [0.1, 0.15) is 44.1 Å². The number of piperidine rings is 3. The minimum atomic E-state index is -1.63. The van der Waals surface area contributed by atoms with E-state index in [0.717, 1.165) is 51.6 Å². The van der Waals surface area contributed by atoms with E-state index in [1.54, 1.807) is 18.5 Å². The number of fused-ring (bicyclic) bond motifs is 3. The van der Waals surface area contributed by atoms with Crippen LogP contribution in [0.4, 0.5) is 5.95 Å². The average molecular weight is 466 g/mol. The maximum Gasteiger partial charge on any atom is 0.343 e. The molecule has 6 rings (SSSR count). The fourth-order valence-corrected chi connectivity index (χ4v) is 6.19. The zero-order chi connectivity index (χ0) is 23.6. The molecule has 2 aromatic rings. The van der Waals surface area contributed by atoms with Gasteiger partial charge in [-0.1, -0.05) is 43.2 Å². The van der Waals surface area contributed by atoms with Crippen molar-refractivity contribution in [2.75, 3.05) is 31.5 Å². The molecule has 4 fully saturated rings. The van der Waals surface area contributed by atoms with Crippen LogP contribution in [0.25, 0.3) is 0 Å². The van der Waals surface area contributed by atoms with Crippen molar-refractivity contribution in [2.24, 2.45) is 11.8 Å². The number of quaternary nitrogens is 1. The molecule has 0 radical (unpaired) electrons. The number of ether oxygens (including phenoxy) is 1. The maximum absolute atomic E-state index is 13.6. The van der Waals surface area contributed by atoms with Crippen LogP contribution in [0.15, 0.2) is 48.8 Å². The Morgan fingerprint density at radius 2 is 1.71 bits per heavy atom. The number of nitrogens with zero attached hydrogens (tertiary/aromatic N) is 3. The van der Waals surface area contributed by atoms with Gasteiger partial charge in [-0.05, 0) is 24.5 Å². The molecule has 1 aromatic carbocycles. The van der Waals surface area contributed by atoms with Gasteiger partial charge in [-0.25, -0.2) is 14.8 Å². The Morgan fingerprint density at radius 3 is 2.38 bits per heavy atom. The Balaban J connectivity index is 1.30. The fourth-order valence-electron chi connectivity index (χ4n) is 6.19. The molecule has 2 bridgehead atoms. The maximum atomic E-state index is 13.6. The van der Waals surface area contributed by atoms with Crippen molar-refractivity contribution in [3.63, 3.8) is 0 Å². The summed E-state index contributed by atoms with van der Waals surface area (Å²) in [5.41, 5.74) is -1.02. The molecule has 8 heteroatoms. The lowest BCUT2D eigenvalue weighted by Crippen LogP contribution is -2.66. The number of carbonyl (C=O) groups excluding carboxylic acids is 2. The number of rotatable bonds is 7. The molecule has 3 saturated heterocycles. The van der Waals surface area contributed by atoms with Crippen LogP contribution in [0.2, 0.25) is 0 Å². The Labute approximate surface area is 199 Å². The molecular weight excluding hydrogens is 432 g/mol. The van der Waals surface area contributed by atoms with Gasteiger partial charge in [0.1, 0.15) is 6.54 Å². The second kappa shape index (κ2) is 9.43. The van der Waals surface area contributed by atoms with Crippen LogP contribution < -0.4 is 5.32 Å². The number of aliphatic hydroxyl groups is 1. The summed E-state index contributed by atoms with van der Waals surface area (Å²) < 4.78 is 6.70. The van der Waals surface area contributed by atoms with Gasteiger partial charge in [-0.3, -0.25) is 10.1 Å². The molecule has 1 saturated carbocycles. The summed E-state index contributed by atoms with van der Waals surface area (Å²) in [6, 6.07) is 10.9. The molecule has 4 heterocycles. The number of hydrogen-bond donors (Lipinski definition) is 2.